The molecule has 0 saturated carbocycles. The number of carbonyl (C=O) groups excluding carboxylic acids is 2. The van der Waals surface area contributed by atoms with E-state index in [0.717, 1.165) is 17.5 Å². The van der Waals surface area contributed by atoms with Gasteiger partial charge in [0.1, 0.15) is 17.6 Å². The molecule has 0 aliphatic heterocycles. The summed E-state index contributed by atoms with van der Waals surface area (Å²) in [6.45, 7) is 9.82. The zero-order valence-electron chi connectivity index (χ0n) is 23.0. The minimum Gasteiger partial charge on any atom is -0.483 e. The minimum absolute atomic E-state index is 0.0544. The molecule has 6 heteroatoms. The summed E-state index contributed by atoms with van der Waals surface area (Å²) in [7, 11) is 0. The van der Waals surface area contributed by atoms with Gasteiger partial charge in [-0.3, -0.25) is 9.59 Å². The number of ether oxygens (including phenoxy) is 1. The summed E-state index contributed by atoms with van der Waals surface area (Å²) in [4.78, 5) is 28.8. The van der Waals surface area contributed by atoms with E-state index in [1.54, 1.807) is 18.2 Å². The standard InChI is InChI=1S/C32H39FN2O3/c1-6-23(2)34-31(37)28(20-24-14-8-7-9-15-24)35(21-25-16-10-12-18-27(25)33)30(36)22-38-29-19-13-11-17-26(29)32(3,4)5/h7-19,23,28H,6,20-22H2,1-5H3,(H,34,37)/t23-,28+/m1/s1. The SMILES string of the molecule is CC[C@@H](C)NC(=O)[C@H](Cc1ccccc1)N(Cc1ccccc1F)C(=O)COc1ccccc1C(C)(C)C. The van der Waals surface area contributed by atoms with Crippen molar-refractivity contribution in [2.24, 2.45) is 0 Å². The Kier molecular flexibility index (Phi) is 10.1. The summed E-state index contributed by atoms with van der Waals surface area (Å²) in [5, 5.41) is 3.02. The van der Waals surface area contributed by atoms with E-state index in [2.05, 4.69) is 26.1 Å². The molecular weight excluding hydrogens is 479 g/mol. The van der Waals surface area contributed by atoms with Crippen molar-refractivity contribution in [2.45, 2.75) is 71.5 Å². The van der Waals surface area contributed by atoms with Crippen LogP contribution in [0.4, 0.5) is 4.39 Å². The van der Waals surface area contributed by atoms with Crippen LogP contribution in [-0.2, 0) is 28.0 Å². The smallest absolute Gasteiger partial charge is 0.261 e. The highest BCUT2D eigenvalue weighted by Crippen LogP contribution is 2.31. The molecule has 2 amide bonds. The second-order valence-electron chi connectivity index (χ2n) is 10.7. The lowest BCUT2D eigenvalue weighted by Gasteiger charge is -2.32. The Hall–Kier alpha value is -3.67. The molecule has 202 valence electrons. The Balaban J connectivity index is 1.96. The quantitative estimate of drug-likeness (QED) is 0.336. The number of carbonyl (C=O) groups is 2. The van der Waals surface area contributed by atoms with Crippen LogP contribution in [0.25, 0.3) is 0 Å². The third-order valence-electron chi connectivity index (χ3n) is 6.62. The molecule has 0 aliphatic rings. The maximum absolute atomic E-state index is 14.7. The van der Waals surface area contributed by atoms with Crippen molar-refractivity contribution in [3.05, 3.63) is 101 Å². The molecule has 0 aliphatic carbocycles. The van der Waals surface area contributed by atoms with Gasteiger partial charge < -0.3 is 15.0 Å². The summed E-state index contributed by atoms with van der Waals surface area (Å²) < 4.78 is 20.8. The molecule has 0 fully saturated rings. The molecule has 5 nitrogen and oxygen atoms in total. The zero-order valence-corrected chi connectivity index (χ0v) is 23.0. The fourth-order valence-corrected chi connectivity index (χ4v) is 4.24. The maximum Gasteiger partial charge on any atom is 0.261 e. The van der Waals surface area contributed by atoms with E-state index in [1.165, 1.54) is 11.0 Å². The lowest BCUT2D eigenvalue weighted by molar-refractivity contribution is -0.143. The molecule has 3 aromatic carbocycles. The van der Waals surface area contributed by atoms with Crippen molar-refractivity contribution in [3.8, 4) is 5.75 Å². The third kappa shape index (κ3) is 7.91. The molecule has 0 aromatic heterocycles. The number of hydrogen-bond acceptors (Lipinski definition) is 3. The first-order chi connectivity index (χ1) is 18.1. The van der Waals surface area contributed by atoms with Crippen LogP contribution in [0.3, 0.4) is 0 Å². The van der Waals surface area contributed by atoms with Crippen LogP contribution < -0.4 is 10.1 Å². The Morgan fingerprint density at radius 2 is 1.58 bits per heavy atom. The highest BCUT2D eigenvalue weighted by molar-refractivity contribution is 5.88. The van der Waals surface area contributed by atoms with E-state index in [1.807, 2.05) is 68.4 Å². The van der Waals surface area contributed by atoms with E-state index in [-0.39, 0.29) is 30.5 Å². The van der Waals surface area contributed by atoms with Crippen LogP contribution in [0.2, 0.25) is 0 Å². The molecule has 2 atom stereocenters. The summed E-state index contributed by atoms with van der Waals surface area (Å²) in [6, 6.07) is 22.6. The molecule has 1 N–H and O–H groups in total. The minimum atomic E-state index is -0.847. The molecule has 0 spiro atoms. The van der Waals surface area contributed by atoms with E-state index in [0.29, 0.717) is 17.7 Å². The second-order valence-corrected chi connectivity index (χ2v) is 10.7. The van der Waals surface area contributed by atoms with Crippen molar-refractivity contribution < 1.29 is 18.7 Å². The van der Waals surface area contributed by atoms with Gasteiger partial charge in [0.15, 0.2) is 6.61 Å². The first-order valence-electron chi connectivity index (χ1n) is 13.2. The summed E-state index contributed by atoms with van der Waals surface area (Å²) in [6.07, 6.45) is 1.04. The molecule has 0 saturated heterocycles. The Bertz CT molecular complexity index is 1210. The molecule has 0 bridgehead atoms. The number of rotatable bonds is 11. The Labute approximate surface area is 226 Å². The van der Waals surface area contributed by atoms with Gasteiger partial charge in [0.25, 0.3) is 5.91 Å². The van der Waals surface area contributed by atoms with E-state index in [4.69, 9.17) is 4.74 Å². The molecule has 3 rings (SSSR count). The second kappa shape index (κ2) is 13.2. The number of hydrogen-bond donors (Lipinski definition) is 1. The summed E-state index contributed by atoms with van der Waals surface area (Å²) in [5.74, 6) is -0.479. The molecule has 0 radical (unpaired) electrons. The van der Waals surface area contributed by atoms with Gasteiger partial charge in [-0.05, 0) is 42.0 Å². The molecular formula is C32H39FN2O3. The summed E-state index contributed by atoms with van der Waals surface area (Å²) in [5.41, 5.74) is 2.04. The van der Waals surface area contributed by atoms with Gasteiger partial charge in [0.2, 0.25) is 5.91 Å². The van der Waals surface area contributed by atoms with Crippen LogP contribution in [0, 0.1) is 5.82 Å². The van der Waals surface area contributed by atoms with Gasteiger partial charge in [0, 0.05) is 24.6 Å². The topological polar surface area (TPSA) is 58.6 Å². The van der Waals surface area contributed by atoms with Gasteiger partial charge in [-0.1, -0.05) is 94.4 Å². The number of nitrogens with zero attached hydrogens (tertiary/aromatic N) is 1. The molecule has 3 aromatic rings. The largest absolute Gasteiger partial charge is 0.483 e. The van der Waals surface area contributed by atoms with Gasteiger partial charge in [-0.2, -0.15) is 0 Å². The predicted octanol–water partition coefficient (Wildman–Crippen LogP) is 6.06. The normalized spacial score (nSPS) is 12.9. The highest BCUT2D eigenvalue weighted by atomic mass is 19.1. The number of nitrogens with one attached hydrogen (secondary N) is 1. The number of halogens is 1. The fourth-order valence-electron chi connectivity index (χ4n) is 4.24. The number of para-hydroxylation sites is 1. The average Bonchev–Trinajstić information content (AvgIpc) is 2.90. The summed E-state index contributed by atoms with van der Waals surface area (Å²) >= 11 is 0. The van der Waals surface area contributed by atoms with Gasteiger partial charge in [-0.25, -0.2) is 4.39 Å². The van der Waals surface area contributed by atoms with Crippen molar-refractivity contribution in [1.82, 2.24) is 10.2 Å². The predicted molar refractivity (Wildman–Crippen MR) is 149 cm³/mol. The van der Waals surface area contributed by atoms with Crippen molar-refractivity contribution in [3.63, 3.8) is 0 Å². The fraction of sp³-hybridized carbons (Fsp3) is 0.375. The van der Waals surface area contributed by atoms with Gasteiger partial charge >= 0.3 is 0 Å². The third-order valence-corrected chi connectivity index (χ3v) is 6.62. The molecule has 38 heavy (non-hydrogen) atoms. The first kappa shape index (κ1) is 28.9. The van der Waals surface area contributed by atoms with E-state index >= 15 is 0 Å². The lowest BCUT2D eigenvalue weighted by atomic mass is 9.86. The zero-order chi connectivity index (χ0) is 27.7. The van der Waals surface area contributed by atoms with Crippen LogP contribution in [-0.4, -0.2) is 35.4 Å². The molecule has 0 heterocycles. The van der Waals surface area contributed by atoms with Gasteiger partial charge in [0.05, 0.1) is 0 Å². The monoisotopic (exact) mass is 518 g/mol. The van der Waals surface area contributed by atoms with Crippen molar-refractivity contribution >= 4 is 11.8 Å². The average molecular weight is 519 g/mol. The highest BCUT2D eigenvalue weighted by Gasteiger charge is 2.32. The van der Waals surface area contributed by atoms with Crippen LogP contribution in [0.5, 0.6) is 5.75 Å². The molecule has 0 unspecified atom stereocenters. The van der Waals surface area contributed by atoms with Crippen molar-refractivity contribution in [2.75, 3.05) is 6.61 Å². The maximum atomic E-state index is 14.7. The van der Waals surface area contributed by atoms with Crippen LogP contribution in [0.15, 0.2) is 78.9 Å². The number of benzene rings is 3. The Morgan fingerprint density at radius 3 is 2.24 bits per heavy atom. The van der Waals surface area contributed by atoms with Crippen LogP contribution in [0.1, 0.15) is 57.7 Å². The van der Waals surface area contributed by atoms with Gasteiger partial charge in [-0.15, -0.1) is 0 Å². The Morgan fingerprint density at radius 1 is 0.947 bits per heavy atom. The van der Waals surface area contributed by atoms with Crippen LogP contribution >= 0.6 is 0 Å². The first-order valence-corrected chi connectivity index (χ1v) is 13.2. The lowest BCUT2D eigenvalue weighted by Crippen LogP contribution is -2.53. The number of amides is 2. The van der Waals surface area contributed by atoms with E-state index in [9.17, 15) is 14.0 Å². The van der Waals surface area contributed by atoms with Crippen molar-refractivity contribution in [1.29, 1.82) is 0 Å². The van der Waals surface area contributed by atoms with E-state index < -0.39 is 17.8 Å².